The molecule has 0 saturated heterocycles. The number of hydrogen-bond acceptors (Lipinski definition) is 2. The zero-order valence-corrected chi connectivity index (χ0v) is 11.2. The van der Waals surface area contributed by atoms with Gasteiger partial charge in [0.1, 0.15) is 0 Å². The molecule has 0 bridgehead atoms. The molecule has 0 aliphatic carbocycles. The maximum absolute atomic E-state index is 11.3. The summed E-state index contributed by atoms with van der Waals surface area (Å²) in [6.07, 6.45) is 1.12. The van der Waals surface area contributed by atoms with E-state index in [9.17, 15) is 4.79 Å². The van der Waals surface area contributed by atoms with Crippen molar-refractivity contribution in [1.29, 1.82) is 0 Å². The summed E-state index contributed by atoms with van der Waals surface area (Å²) in [7, 11) is 0. The zero-order chi connectivity index (χ0) is 13.1. The van der Waals surface area contributed by atoms with Crippen LogP contribution in [0.25, 0.3) is 11.0 Å². The number of aromatic amines is 2. The predicted molar refractivity (Wildman–Crippen MR) is 74.8 cm³/mol. The molecule has 0 aliphatic rings. The highest BCUT2D eigenvalue weighted by molar-refractivity contribution is 5.75. The number of imidazole rings is 1. The van der Waals surface area contributed by atoms with Crippen molar-refractivity contribution >= 4 is 11.0 Å². The normalized spacial score (nSPS) is 14.8. The van der Waals surface area contributed by atoms with Crippen LogP contribution in [0.4, 0.5) is 0 Å². The number of H-pyrrole nitrogens is 2. The topological polar surface area (TPSA) is 60.7 Å². The predicted octanol–water partition coefficient (Wildman–Crippen LogP) is 2.55. The van der Waals surface area contributed by atoms with Gasteiger partial charge in [-0.25, -0.2) is 4.79 Å². The van der Waals surface area contributed by atoms with Crippen molar-refractivity contribution in [3.63, 3.8) is 0 Å². The Morgan fingerprint density at radius 2 is 1.94 bits per heavy atom. The number of fused-ring (bicyclic) bond motifs is 1. The van der Waals surface area contributed by atoms with Gasteiger partial charge in [-0.05, 0) is 30.2 Å². The summed E-state index contributed by atoms with van der Waals surface area (Å²) >= 11 is 0. The van der Waals surface area contributed by atoms with E-state index in [-0.39, 0.29) is 5.69 Å². The third-order valence-corrected chi connectivity index (χ3v) is 3.54. The Labute approximate surface area is 107 Å². The van der Waals surface area contributed by atoms with Crippen LogP contribution in [0.1, 0.15) is 38.8 Å². The van der Waals surface area contributed by atoms with E-state index in [1.54, 1.807) is 0 Å². The minimum absolute atomic E-state index is 0.148. The van der Waals surface area contributed by atoms with Gasteiger partial charge in [-0.1, -0.05) is 33.3 Å². The molecular weight excluding hydrogens is 226 g/mol. The Morgan fingerprint density at radius 3 is 2.61 bits per heavy atom. The van der Waals surface area contributed by atoms with Crippen LogP contribution in [-0.4, -0.2) is 16.5 Å². The summed E-state index contributed by atoms with van der Waals surface area (Å²) in [6.45, 7) is 7.51. The van der Waals surface area contributed by atoms with E-state index in [2.05, 4.69) is 48.2 Å². The van der Waals surface area contributed by atoms with Gasteiger partial charge >= 0.3 is 5.69 Å². The quantitative estimate of drug-likeness (QED) is 0.760. The van der Waals surface area contributed by atoms with Gasteiger partial charge in [-0.3, -0.25) is 0 Å². The maximum atomic E-state index is 11.3. The van der Waals surface area contributed by atoms with Crippen LogP contribution in [0, 0.1) is 5.92 Å². The first kappa shape index (κ1) is 12.9. The van der Waals surface area contributed by atoms with E-state index in [0.29, 0.717) is 12.0 Å². The van der Waals surface area contributed by atoms with Crippen molar-refractivity contribution in [2.75, 3.05) is 6.54 Å². The van der Waals surface area contributed by atoms with Gasteiger partial charge in [0.05, 0.1) is 11.0 Å². The molecule has 0 fully saturated rings. The average molecular weight is 247 g/mol. The standard InChI is InChI=1S/C14H21N3O/c1-4-9(3)13(15-5-2)10-6-7-11-12(8-10)17-14(18)16-11/h6-9,13,15H,4-5H2,1-3H3,(H2,16,17,18). The summed E-state index contributed by atoms with van der Waals surface area (Å²) in [5, 5.41) is 3.52. The number of benzene rings is 1. The van der Waals surface area contributed by atoms with Crippen LogP contribution in [0.3, 0.4) is 0 Å². The van der Waals surface area contributed by atoms with Gasteiger partial charge in [0.2, 0.25) is 0 Å². The summed E-state index contributed by atoms with van der Waals surface area (Å²) in [5.41, 5.74) is 2.83. The molecule has 3 N–H and O–H groups in total. The average Bonchev–Trinajstić information content (AvgIpc) is 2.74. The maximum Gasteiger partial charge on any atom is 0.323 e. The number of rotatable bonds is 5. The first-order valence-corrected chi connectivity index (χ1v) is 6.61. The fourth-order valence-electron chi connectivity index (χ4n) is 2.35. The highest BCUT2D eigenvalue weighted by Crippen LogP contribution is 2.25. The van der Waals surface area contributed by atoms with Crippen molar-refractivity contribution in [3.8, 4) is 0 Å². The smallest absolute Gasteiger partial charge is 0.310 e. The second-order valence-corrected chi connectivity index (χ2v) is 4.81. The van der Waals surface area contributed by atoms with E-state index >= 15 is 0 Å². The number of nitrogens with one attached hydrogen (secondary N) is 3. The molecule has 98 valence electrons. The first-order valence-electron chi connectivity index (χ1n) is 6.61. The lowest BCUT2D eigenvalue weighted by molar-refractivity contribution is 0.384. The molecule has 2 aromatic rings. The van der Waals surface area contributed by atoms with Crippen molar-refractivity contribution in [1.82, 2.24) is 15.3 Å². The minimum Gasteiger partial charge on any atom is -0.310 e. The molecule has 18 heavy (non-hydrogen) atoms. The van der Waals surface area contributed by atoms with Crippen molar-refractivity contribution in [2.24, 2.45) is 5.92 Å². The van der Waals surface area contributed by atoms with Gasteiger partial charge in [-0.15, -0.1) is 0 Å². The summed E-state index contributed by atoms with van der Waals surface area (Å²) in [4.78, 5) is 16.8. The molecule has 0 spiro atoms. The highest BCUT2D eigenvalue weighted by Gasteiger charge is 2.17. The van der Waals surface area contributed by atoms with Crippen molar-refractivity contribution in [3.05, 3.63) is 34.2 Å². The molecule has 2 atom stereocenters. The van der Waals surface area contributed by atoms with E-state index in [4.69, 9.17) is 0 Å². The molecular formula is C14H21N3O. The fraction of sp³-hybridized carbons (Fsp3) is 0.500. The van der Waals surface area contributed by atoms with Crippen LogP contribution in [-0.2, 0) is 0 Å². The summed E-state index contributed by atoms with van der Waals surface area (Å²) in [5.74, 6) is 0.563. The molecule has 2 rings (SSSR count). The molecule has 1 aromatic heterocycles. The van der Waals surface area contributed by atoms with E-state index < -0.39 is 0 Å². The molecule has 4 nitrogen and oxygen atoms in total. The molecule has 1 heterocycles. The molecule has 0 radical (unpaired) electrons. The summed E-state index contributed by atoms with van der Waals surface area (Å²) < 4.78 is 0. The largest absolute Gasteiger partial charge is 0.323 e. The van der Waals surface area contributed by atoms with Crippen LogP contribution in [0.15, 0.2) is 23.0 Å². The summed E-state index contributed by atoms with van der Waals surface area (Å²) in [6, 6.07) is 6.45. The van der Waals surface area contributed by atoms with Crippen LogP contribution >= 0.6 is 0 Å². The Kier molecular flexibility index (Phi) is 3.87. The van der Waals surface area contributed by atoms with Gasteiger partial charge in [0, 0.05) is 6.04 Å². The van der Waals surface area contributed by atoms with Crippen LogP contribution in [0.5, 0.6) is 0 Å². The van der Waals surface area contributed by atoms with E-state index in [1.165, 1.54) is 5.56 Å². The first-order chi connectivity index (χ1) is 8.65. The molecule has 0 amide bonds. The lowest BCUT2D eigenvalue weighted by Crippen LogP contribution is -2.26. The van der Waals surface area contributed by atoms with E-state index in [0.717, 1.165) is 24.0 Å². The van der Waals surface area contributed by atoms with E-state index in [1.807, 2.05) is 6.07 Å². The Morgan fingerprint density at radius 1 is 1.22 bits per heavy atom. The van der Waals surface area contributed by atoms with Gasteiger partial charge in [0.25, 0.3) is 0 Å². The molecule has 2 unspecified atom stereocenters. The molecule has 0 aliphatic heterocycles. The second-order valence-electron chi connectivity index (χ2n) is 4.81. The Hall–Kier alpha value is -1.55. The molecule has 4 heteroatoms. The SMILES string of the molecule is CCNC(c1ccc2[nH]c(=O)[nH]c2c1)C(C)CC. The van der Waals surface area contributed by atoms with Gasteiger partial charge in [0.15, 0.2) is 0 Å². The van der Waals surface area contributed by atoms with Crippen molar-refractivity contribution < 1.29 is 0 Å². The van der Waals surface area contributed by atoms with Gasteiger partial charge in [-0.2, -0.15) is 0 Å². The monoisotopic (exact) mass is 247 g/mol. The van der Waals surface area contributed by atoms with Crippen molar-refractivity contribution in [2.45, 2.75) is 33.2 Å². The third kappa shape index (κ3) is 2.48. The fourth-order valence-corrected chi connectivity index (χ4v) is 2.35. The minimum atomic E-state index is -0.148. The zero-order valence-electron chi connectivity index (χ0n) is 11.2. The third-order valence-electron chi connectivity index (χ3n) is 3.54. The Bertz CT molecular complexity index is 570. The van der Waals surface area contributed by atoms with Gasteiger partial charge < -0.3 is 15.3 Å². The van der Waals surface area contributed by atoms with Crippen LogP contribution < -0.4 is 11.0 Å². The lowest BCUT2D eigenvalue weighted by Gasteiger charge is -2.24. The molecule has 0 saturated carbocycles. The Balaban J connectivity index is 2.40. The molecule has 1 aromatic carbocycles. The lowest BCUT2D eigenvalue weighted by atomic mass is 9.92. The second kappa shape index (κ2) is 5.40. The van der Waals surface area contributed by atoms with Crippen LogP contribution in [0.2, 0.25) is 0 Å². The number of aromatic nitrogens is 2. The number of hydrogen-bond donors (Lipinski definition) is 3. The highest BCUT2D eigenvalue weighted by atomic mass is 16.1.